The van der Waals surface area contributed by atoms with Crippen LogP contribution < -0.4 is 16.4 Å². The van der Waals surface area contributed by atoms with Crippen LogP contribution in [-0.4, -0.2) is 29.8 Å². The number of carbonyl (C=O) groups is 3. The van der Waals surface area contributed by atoms with Crippen LogP contribution in [0, 0.1) is 5.92 Å². The van der Waals surface area contributed by atoms with Crippen LogP contribution in [0.5, 0.6) is 0 Å². The number of hydrogen-bond donors (Lipinski definition) is 3. The molecule has 1 aromatic rings. The third kappa shape index (κ3) is 7.12. The molecule has 0 aliphatic rings. The predicted octanol–water partition coefficient (Wildman–Crippen LogP) is 1.51. The van der Waals surface area contributed by atoms with Crippen LogP contribution >= 0.6 is 15.9 Å². The first-order chi connectivity index (χ1) is 11.2. The smallest absolute Gasteiger partial charge is 0.243 e. The summed E-state index contributed by atoms with van der Waals surface area (Å²) in [6.07, 6.45) is 0.776. The Labute approximate surface area is 150 Å². The lowest BCUT2D eigenvalue weighted by molar-refractivity contribution is -0.131. The minimum Gasteiger partial charge on any atom is -0.368 e. The summed E-state index contributed by atoms with van der Waals surface area (Å²) in [5.41, 5.74) is 6.29. The van der Waals surface area contributed by atoms with Crippen molar-refractivity contribution >= 4 is 33.7 Å². The highest BCUT2D eigenvalue weighted by atomic mass is 79.9. The van der Waals surface area contributed by atoms with Crippen LogP contribution in [0.2, 0.25) is 0 Å². The molecule has 0 aliphatic heterocycles. The molecule has 0 fully saturated rings. The monoisotopic (exact) mass is 397 g/mol. The molecule has 0 saturated heterocycles. The Morgan fingerprint density at radius 1 is 1.08 bits per heavy atom. The number of halogens is 1. The second-order valence-corrected chi connectivity index (χ2v) is 7.09. The van der Waals surface area contributed by atoms with E-state index in [1.807, 2.05) is 38.1 Å². The van der Waals surface area contributed by atoms with Gasteiger partial charge in [0.15, 0.2) is 0 Å². The minimum absolute atomic E-state index is 0.214. The van der Waals surface area contributed by atoms with Crippen molar-refractivity contribution in [3.63, 3.8) is 0 Å². The molecular weight excluding hydrogens is 374 g/mol. The quantitative estimate of drug-likeness (QED) is 0.619. The fourth-order valence-corrected chi connectivity index (χ4v) is 2.56. The molecule has 0 radical (unpaired) electrons. The number of benzene rings is 1. The molecule has 1 aromatic carbocycles. The third-order valence-electron chi connectivity index (χ3n) is 3.41. The van der Waals surface area contributed by atoms with Crippen LogP contribution in [0.25, 0.3) is 0 Å². The molecule has 24 heavy (non-hydrogen) atoms. The number of rotatable bonds is 8. The Bertz CT molecular complexity index is 587. The summed E-state index contributed by atoms with van der Waals surface area (Å²) in [5, 5.41) is 5.27. The maximum absolute atomic E-state index is 12.4. The second-order valence-electron chi connectivity index (χ2n) is 6.18. The van der Waals surface area contributed by atoms with E-state index in [1.54, 1.807) is 0 Å². The van der Waals surface area contributed by atoms with E-state index < -0.39 is 23.9 Å². The van der Waals surface area contributed by atoms with Gasteiger partial charge in [0.1, 0.15) is 12.1 Å². The van der Waals surface area contributed by atoms with Gasteiger partial charge in [-0.05, 0) is 30.0 Å². The number of hydrogen-bond acceptors (Lipinski definition) is 3. The van der Waals surface area contributed by atoms with Gasteiger partial charge in [-0.25, -0.2) is 0 Å². The van der Waals surface area contributed by atoms with Crippen molar-refractivity contribution in [2.24, 2.45) is 11.7 Å². The summed E-state index contributed by atoms with van der Waals surface area (Å²) in [4.78, 5) is 35.4. The van der Waals surface area contributed by atoms with E-state index in [2.05, 4.69) is 26.6 Å². The van der Waals surface area contributed by atoms with Gasteiger partial charge in [0.05, 0.1) is 0 Å². The molecule has 4 N–H and O–H groups in total. The average molecular weight is 398 g/mol. The standard InChI is InChI=1S/C17H24BrN3O3/c1-10(2)8-15(20-11(3)22)17(24)21-14(16(19)23)9-12-4-6-13(18)7-5-12/h4-7,10,14-15H,8-9H2,1-3H3,(H2,19,23)(H,20,22)(H,21,24)/t14-,15+/m1/s1. The van der Waals surface area contributed by atoms with Crippen molar-refractivity contribution in [1.82, 2.24) is 10.6 Å². The van der Waals surface area contributed by atoms with Crippen molar-refractivity contribution in [2.75, 3.05) is 0 Å². The van der Waals surface area contributed by atoms with E-state index >= 15 is 0 Å². The first-order valence-electron chi connectivity index (χ1n) is 7.80. The minimum atomic E-state index is -0.831. The van der Waals surface area contributed by atoms with Gasteiger partial charge in [-0.15, -0.1) is 0 Å². The lowest BCUT2D eigenvalue weighted by atomic mass is 10.0. The molecule has 0 aromatic heterocycles. The van der Waals surface area contributed by atoms with Crippen LogP contribution in [0.4, 0.5) is 0 Å². The predicted molar refractivity (Wildman–Crippen MR) is 96.0 cm³/mol. The molecule has 0 saturated carbocycles. The van der Waals surface area contributed by atoms with E-state index in [0.717, 1.165) is 10.0 Å². The lowest BCUT2D eigenvalue weighted by Gasteiger charge is -2.22. The molecule has 2 atom stereocenters. The Kier molecular flexibility index (Phi) is 7.91. The largest absolute Gasteiger partial charge is 0.368 e. The number of carbonyl (C=O) groups excluding carboxylic acids is 3. The normalized spacial score (nSPS) is 13.2. The van der Waals surface area contributed by atoms with Gasteiger partial charge < -0.3 is 16.4 Å². The molecule has 0 bridgehead atoms. The lowest BCUT2D eigenvalue weighted by Crippen LogP contribution is -2.53. The van der Waals surface area contributed by atoms with Gasteiger partial charge in [-0.2, -0.15) is 0 Å². The highest BCUT2D eigenvalue weighted by Gasteiger charge is 2.25. The number of nitrogens with two attached hydrogens (primary N) is 1. The molecule has 0 unspecified atom stereocenters. The van der Waals surface area contributed by atoms with Crippen molar-refractivity contribution in [3.8, 4) is 0 Å². The third-order valence-corrected chi connectivity index (χ3v) is 3.94. The summed E-state index contributed by atoms with van der Waals surface area (Å²) >= 11 is 3.34. The van der Waals surface area contributed by atoms with E-state index in [0.29, 0.717) is 12.8 Å². The topological polar surface area (TPSA) is 101 Å². The fourth-order valence-electron chi connectivity index (χ4n) is 2.30. The first-order valence-corrected chi connectivity index (χ1v) is 8.59. The zero-order valence-electron chi connectivity index (χ0n) is 14.1. The molecule has 0 aliphatic carbocycles. The summed E-state index contributed by atoms with van der Waals surface area (Å²) < 4.78 is 0.925. The fraction of sp³-hybridized carbons (Fsp3) is 0.471. The van der Waals surface area contributed by atoms with Crippen LogP contribution in [0.1, 0.15) is 32.8 Å². The van der Waals surface area contributed by atoms with Crippen molar-refractivity contribution in [2.45, 2.75) is 45.7 Å². The molecule has 3 amide bonds. The van der Waals surface area contributed by atoms with E-state index in [1.165, 1.54) is 6.92 Å². The Balaban J connectivity index is 2.80. The molecule has 6 nitrogen and oxygen atoms in total. The molecule has 0 heterocycles. The maximum atomic E-state index is 12.4. The number of primary amides is 1. The second kappa shape index (κ2) is 9.42. The van der Waals surface area contributed by atoms with Gasteiger partial charge in [-0.3, -0.25) is 14.4 Å². The van der Waals surface area contributed by atoms with Gasteiger partial charge in [0.25, 0.3) is 0 Å². The van der Waals surface area contributed by atoms with Crippen molar-refractivity contribution < 1.29 is 14.4 Å². The summed E-state index contributed by atoms with van der Waals surface area (Å²) in [6, 6.07) is 5.90. The Morgan fingerprint density at radius 3 is 2.12 bits per heavy atom. The number of amides is 3. The average Bonchev–Trinajstić information content (AvgIpc) is 2.46. The first kappa shape index (κ1) is 20.2. The maximum Gasteiger partial charge on any atom is 0.243 e. The Morgan fingerprint density at radius 2 is 1.67 bits per heavy atom. The molecule has 0 spiro atoms. The highest BCUT2D eigenvalue weighted by Crippen LogP contribution is 2.12. The highest BCUT2D eigenvalue weighted by molar-refractivity contribution is 9.10. The SMILES string of the molecule is CC(=O)N[C@@H](CC(C)C)C(=O)N[C@H](Cc1ccc(Br)cc1)C(N)=O. The summed E-state index contributed by atoms with van der Waals surface area (Å²) in [5.74, 6) is -1.09. The van der Waals surface area contributed by atoms with Gasteiger partial charge in [0, 0.05) is 17.8 Å². The van der Waals surface area contributed by atoms with Crippen LogP contribution in [0.3, 0.4) is 0 Å². The molecule has 132 valence electrons. The van der Waals surface area contributed by atoms with Crippen molar-refractivity contribution in [1.29, 1.82) is 0 Å². The zero-order chi connectivity index (χ0) is 18.3. The van der Waals surface area contributed by atoms with E-state index in [9.17, 15) is 14.4 Å². The van der Waals surface area contributed by atoms with E-state index in [-0.39, 0.29) is 11.8 Å². The van der Waals surface area contributed by atoms with Crippen LogP contribution in [-0.2, 0) is 20.8 Å². The molecular formula is C17H24BrN3O3. The van der Waals surface area contributed by atoms with E-state index in [4.69, 9.17) is 5.73 Å². The summed E-state index contributed by atoms with van der Waals surface area (Å²) in [6.45, 7) is 5.26. The number of nitrogens with one attached hydrogen (secondary N) is 2. The van der Waals surface area contributed by atoms with Crippen LogP contribution in [0.15, 0.2) is 28.7 Å². The Hall–Kier alpha value is -1.89. The molecule has 7 heteroatoms. The molecule has 1 rings (SSSR count). The van der Waals surface area contributed by atoms with Gasteiger partial charge in [-0.1, -0.05) is 41.9 Å². The summed E-state index contributed by atoms with van der Waals surface area (Å²) in [7, 11) is 0. The zero-order valence-corrected chi connectivity index (χ0v) is 15.7. The van der Waals surface area contributed by atoms with Crippen molar-refractivity contribution in [3.05, 3.63) is 34.3 Å². The van der Waals surface area contributed by atoms with Gasteiger partial charge >= 0.3 is 0 Å². The van der Waals surface area contributed by atoms with Gasteiger partial charge in [0.2, 0.25) is 17.7 Å².